The summed E-state index contributed by atoms with van der Waals surface area (Å²) in [5.74, 6) is 0.0556. The van der Waals surface area contributed by atoms with Crippen LogP contribution in [0.25, 0.3) is 0 Å². The highest BCUT2D eigenvalue weighted by Gasteiger charge is 2.22. The van der Waals surface area contributed by atoms with E-state index in [1.807, 2.05) is 0 Å². The fourth-order valence-electron chi connectivity index (χ4n) is 1.44. The van der Waals surface area contributed by atoms with Crippen molar-refractivity contribution in [3.05, 3.63) is 46.4 Å². The normalized spacial score (nSPS) is 10.7. The molecule has 0 spiro atoms. The lowest BCUT2D eigenvalue weighted by Crippen LogP contribution is -2.28. The van der Waals surface area contributed by atoms with Crippen LogP contribution in [0.5, 0.6) is 5.75 Å². The zero-order valence-corrected chi connectivity index (χ0v) is 10.9. The first kappa shape index (κ1) is 13.5. The van der Waals surface area contributed by atoms with E-state index >= 15 is 0 Å². The fraction of sp³-hybridized carbons (Fsp3) is 0.167. The minimum Gasteiger partial charge on any atom is -0.497 e. The van der Waals surface area contributed by atoms with Crippen molar-refractivity contribution in [3.63, 3.8) is 0 Å². The lowest BCUT2D eigenvalue weighted by molar-refractivity contribution is -0.806. The van der Waals surface area contributed by atoms with Gasteiger partial charge in [-0.2, -0.15) is 5.10 Å². The van der Waals surface area contributed by atoms with Crippen LogP contribution in [0.1, 0.15) is 21.7 Å². The van der Waals surface area contributed by atoms with E-state index in [0.29, 0.717) is 5.75 Å². The molecule has 2 aromatic rings. The zero-order chi connectivity index (χ0) is 14.5. The van der Waals surface area contributed by atoms with Crippen molar-refractivity contribution >= 4 is 12.1 Å². The highest BCUT2D eigenvalue weighted by molar-refractivity contribution is 5.93. The number of ether oxygens (including phenoxy) is 1. The quantitative estimate of drug-likeness (QED) is 0.494. The molecule has 2 rings (SSSR count). The predicted molar refractivity (Wildman–Crippen MR) is 68.3 cm³/mol. The smallest absolute Gasteiger partial charge is 0.322 e. The Labute approximate surface area is 114 Å². The molecule has 1 aromatic carbocycles. The maximum absolute atomic E-state index is 11.7. The number of amides is 1. The monoisotopic (exact) mass is 276 g/mol. The molecule has 0 aliphatic heterocycles. The van der Waals surface area contributed by atoms with Gasteiger partial charge in [0, 0.05) is 6.92 Å². The molecule has 1 N–H and O–H groups in total. The largest absolute Gasteiger partial charge is 0.497 e. The number of aromatic nitrogens is 2. The van der Waals surface area contributed by atoms with Gasteiger partial charge in [-0.3, -0.25) is 9.42 Å². The Morgan fingerprint density at radius 1 is 1.60 bits per heavy atom. The standard InChI is InChI=1S/C12H12N4O4/c1-8-11(15-20-16(8)18)12(17)14-13-7-9-4-3-5-10(6-9)19-2/h3-7H,1-2H3,(H,14,17). The van der Waals surface area contributed by atoms with Crippen LogP contribution in [0.2, 0.25) is 0 Å². The maximum Gasteiger partial charge on any atom is 0.322 e. The van der Waals surface area contributed by atoms with E-state index in [2.05, 4.69) is 20.3 Å². The Morgan fingerprint density at radius 3 is 3.05 bits per heavy atom. The van der Waals surface area contributed by atoms with Gasteiger partial charge in [0.15, 0.2) is 0 Å². The van der Waals surface area contributed by atoms with Crippen molar-refractivity contribution in [2.45, 2.75) is 6.92 Å². The summed E-state index contributed by atoms with van der Waals surface area (Å²) in [5.41, 5.74) is 2.96. The lowest BCUT2D eigenvalue weighted by atomic mass is 10.2. The van der Waals surface area contributed by atoms with Crippen molar-refractivity contribution in [1.82, 2.24) is 10.6 Å². The number of nitrogens with zero attached hydrogens (tertiary/aromatic N) is 3. The molecule has 1 aromatic heterocycles. The van der Waals surface area contributed by atoms with Crippen molar-refractivity contribution in [3.8, 4) is 5.75 Å². The molecule has 1 amide bonds. The SMILES string of the molecule is COc1cccc(C=NNC(=O)c2no[n+]([O-])c2C)c1. The van der Waals surface area contributed by atoms with Crippen LogP contribution >= 0.6 is 0 Å². The van der Waals surface area contributed by atoms with Gasteiger partial charge in [0.25, 0.3) is 0 Å². The third-order valence-corrected chi connectivity index (χ3v) is 2.51. The number of methoxy groups -OCH3 is 1. The van der Waals surface area contributed by atoms with Gasteiger partial charge >= 0.3 is 11.6 Å². The molecular formula is C12H12N4O4. The van der Waals surface area contributed by atoms with Crippen molar-refractivity contribution < 1.29 is 19.1 Å². The Hall–Kier alpha value is -2.90. The number of hydrogen-bond acceptors (Lipinski definition) is 6. The van der Waals surface area contributed by atoms with Gasteiger partial charge in [-0.1, -0.05) is 12.1 Å². The number of carbonyl (C=O) groups is 1. The van der Waals surface area contributed by atoms with Gasteiger partial charge in [0.05, 0.1) is 18.5 Å². The molecule has 0 saturated heterocycles. The molecule has 0 radical (unpaired) electrons. The first-order valence-electron chi connectivity index (χ1n) is 5.65. The number of carbonyl (C=O) groups excluding carboxylic acids is 1. The minimum absolute atomic E-state index is 0.0686. The average molecular weight is 276 g/mol. The molecule has 8 nitrogen and oxygen atoms in total. The summed E-state index contributed by atoms with van der Waals surface area (Å²) in [6, 6.07) is 7.14. The van der Waals surface area contributed by atoms with E-state index in [1.54, 1.807) is 31.4 Å². The molecule has 0 unspecified atom stereocenters. The summed E-state index contributed by atoms with van der Waals surface area (Å²) < 4.78 is 9.35. The fourth-order valence-corrected chi connectivity index (χ4v) is 1.44. The summed E-state index contributed by atoms with van der Waals surface area (Å²) >= 11 is 0. The summed E-state index contributed by atoms with van der Waals surface area (Å²) in [5, 5.41) is 18.1. The Bertz CT molecular complexity index is 651. The highest BCUT2D eigenvalue weighted by Crippen LogP contribution is 2.10. The highest BCUT2D eigenvalue weighted by atomic mass is 16.8. The molecule has 8 heteroatoms. The molecule has 1 heterocycles. The summed E-state index contributed by atoms with van der Waals surface area (Å²) in [7, 11) is 1.56. The van der Waals surface area contributed by atoms with Crippen LogP contribution in [-0.4, -0.2) is 24.4 Å². The van der Waals surface area contributed by atoms with E-state index in [9.17, 15) is 10.0 Å². The molecule has 0 bridgehead atoms. The van der Waals surface area contributed by atoms with Gasteiger partial charge in [-0.05, 0) is 22.6 Å². The first-order chi connectivity index (χ1) is 9.61. The second kappa shape index (κ2) is 5.83. The van der Waals surface area contributed by atoms with Gasteiger partial charge in [0.2, 0.25) is 5.69 Å². The van der Waals surface area contributed by atoms with Gasteiger partial charge in [-0.25, -0.2) is 5.43 Å². The topological polar surface area (TPSA) is 104 Å². The molecule has 20 heavy (non-hydrogen) atoms. The van der Waals surface area contributed by atoms with Gasteiger partial charge < -0.3 is 9.94 Å². The number of benzene rings is 1. The van der Waals surface area contributed by atoms with Gasteiger partial charge in [0.1, 0.15) is 5.75 Å². The molecule has 0 fully saturated rings. The summed E-state index contributed by atoms with van der Waals surface area (Å²) in [4.78, 5) is 11.8. The first-order valence-corrected chi connectivity index (χ1v) is 5.65. The third kappa shape index (κ3) is 2.91. The van der Waals surface area contributed by atoms with E-state index in [-0.39, 0.29) is 16.3 Å². The number of hydrazone groups is 1. The predicted octanol–water partition coefficient (Wildman–Crippen LogP) is 0.389. The lowest BCUT2D eigenvalue weighted by Gasteiger charge is -1.99. The maximum atomic E-state index is 11.7. The van der Waals surface area contributed by atoms with E-state index in [4.69, 9.17) is 4.74 Å². The Morgan fingerprint density at radius 2 is 2.40 bits per heavy atom. The van der Waals surface area contributed by atoms with Crippen LogP contribution in [0.4, 0.5) is 0 Å². The third-order valence-electron chi connectivity index (χ3n) is 2.51. The van der Waals surface area contributed by atoms with E-state index in [1.165, 1.54) is 13.1 Å². The van der Waals surface area contributed by atoms with E-state index in [0.717, 1.165) is 5.56 Å². The molecule has 0 atom stereocenters. The van der Waals surface area contributed by atoms with Gasteiger partial charge in [-0.15, -0.1) is 0 Å². The number of rotatable bonds is 4. The molecule has 104 valence electrons. The average Bonchev–Trinajstić information content (AvgIpc) is 2.79. The van der Waals surface area contributed by atoms with E-state index < -0.39 is 5.91 Å². The summed E-state index contributed by atoms with van der Waals surface area (Å²) in [6.45, 7) is 1.42. The molecule has 0 saturated carbocycles. The molecular weight excluding hydrogens is 264 g/mol. The van der Waals surface area contributed by atoms with Crippen molar-refractivity contribution in [2.75, 3.05) is 7.11 Å². The summed E-state index contributed by atoms with van der Waals surface area (Å²) in [6.07, 6.45) is 1.45. The van der Waals surface area contributed by atoms with Crippen LogP contribution in [0, 0.1) is 12.1 Å². The van der Waals surface area contributed by atoms with Crippen LogP contribution in [0.3, 0.4) is 0 Å². The van der Waals surface area contributed by atoms with Crippen LogP contribution in [-0.2, 0) is 0 Å². The number of hydrogen-bond donors (Lipinski definition) is 1. The second-order valence-corrected chi connectivity index (χ2v) is 3.84. The minimum atomic E-state index is -0.625. The van der Waals surface area contributed by atoms with Crippen LogP contribution in [0.15, 0.2) is 34.0 Å². The van der Waals surface area contributed by atoms with Crippen molar-refractivity contribution in [1.29, 1.82) is 0 Å². The number of nitrogens with one attached hydrogen (secondary N) is 1. The Balaban J connectivity index is 2.02. The zero-order valence-electron chi connectivity index (χ0n) is 10.9. The molecule has 0 aliphatic rings. The molecule has 0 aliphatic carbocycles. The second-order valence-electron chi connectivity index (χ2n) is 3.84. The van der Waals surface area contributed by atoms with Crippen LogP contribution < -0.4 is 15.1 Å². The Kier molecular flexibility index (Phi) is 3.94. The van der Waals surface area contributed by atoms with Crippen molar-refractivity contribution in [2.24, 2.45) is 5.10 Å².